The molecule has 1 saturated heterocycles. The van der Waals surface area contributed by atoms with Crippen molar-refractivity contribution >= 4 is 57.6 Å². The van der Waals surface area contributed by atoms with Crippen LogP contribution in [-0.2, 0) is 16.1 Å². The Morgan fingerprint density at radius 2 is 1.97 bits per heavy atom. The number of aromatic nitrogens is 2. The minimum atomic E-state index is -0.506. The Bertz CT molecular complexity index is 1400. The van der Waals surface area contributed by atoms with Crippen molar-refractivity contribution in [2.24, 2.45) is 0 Å². The SMILES string of the molecule is O=C1CSc2ccc(N3C[C@@H](CCCn4c(=O)[nH]c5cc(Cl)ccc5c4=O)OC3=O)cc2N1. The Kier molecular flexibility index (Phi) is 5.63. The molecule has 2 aliphatic heterocycles. The number of hydrogen-bond donors (Lipinski definition) is 2. The molecule has 170 valence electrons. The van der Waals surface area contributed by atoms with Crippen LogP contribution in [0.2, 0.25) is 5.02 Å². The van der Waals surface area contributed by atoms with Crippen LogP contribution in [0.3, 0.4) is 0 Å². The summed E-state index contributed by atoms with van der Waals surface area (Å²) in [7, 11) is 0. The van der Waals surface area contributed by atoms with E-state index in [1.807, 2.05) is 12.1 Å². The zero-order valence-corrected chi connectivity index (χ0v) is 18.9. The van der Waals surface area contributed by atoms with Gasteiger partial charge in [-0.2, -0.15) is 0 Å². The molecule has 1 fully saturated rings. The Morgan fingerprint density at radius 1 is 1.12 bits per heavy atom. The summed E-state index contributed by atoms with van der Waals surface area (Å²) in [6.07, 6.45) is 0.133. The number of nitrogens with zero attached hydrogens (tertiary/aromatic N) is 2. The number of benzene rings is 2. The number of rotatable bonds is 5. The van der Waals surface area contributed by atoms with Crippen LogP contribution in [-0.4, -0.2) is 40.0 Å². The molecule has 0 saturated carbocycles. The first-order chi connectivity index (χ1) is 15.9. The number of H-pyrrole nitrogens is 1. The molecule has 0 radical (unpaired) electrons. The van der Waals surface area contributed by atoms with Crippen molar-refractivity contribution in [2.45, 2.75) is 30.4 Å². The normalized spacial score (nSPS) is 17.7. The molecule has 0 bridgehead atoms. The van der Waals surface area contributed by atoms with Crippen molar-refractivity contribution in [3.05, 3.63) is 62.3 Å². The molecule has 1 aromatic heterocycles. The van der Waals surface area contributed by atoms with E-state index >= 15 is 0 Å². The van der Waals surface area contributed by atoms with Crippen molar-refractivity contribution in [2.75, 3.05) is 22.5 Å². The minimum absolute atomic E-state index is 0.0754. The second kappa shape index (κ2) is 8.60. The highest BCUT2D eigenvalue weighted by Gasteiger charge is 2.32. The topological polar surface area (TPSA) is 114 Å². The molecule has 2 aliphatic rings. The largest absolute Gasteiger partial charge is 0.444 e. The summed E-state index contributed by atoms with van der Waals surface area (Å²) in [4.78, 5) is 54.3. The van der Waals surface area contributed by atoms with E-state index in [9.17, 15) is 19.2 Å². The van der Waals surface area contributed by atoms with E-state index in [2.05, 4.69) is 10.3 Å². The van der Waals surface area contributed by atoms with Gasteiger partial charge < -0.3 is 15.0 Å². The Labute approximate surface area is 196 Å². The van der Waals surface area contributed by atoms with Gasteiger partial charge in [0.15, 0.2) is 0 Å². The monoisotopic (exact) mass is 486 g/mol. The number of aromatic amines is 1. The van der Waals surface area contributed by atoms with Gasteiger partial charge in [-0.15, -0.1) is 11.8 Å². The Balaban J connectivity index is 1.25. The molecular weight excluding hydrogens is 468 g/mol. The first-order valence-corrected chi connectivity index (χ1v) is 11.7. The Morgan fingerprint density at radius 3 is 2.82 bits per heavy atom. The molecule has 11 heteroatoms. The van der Waals surface area contributed by atoms with Crippen molar-refractivity contribution in [1.82, 2.24) is 9.55 Å². The lowest BCUT2D eigenvalue weighted by atomic mass is 10.2. The van der Waals surface area contributed by atoms with Crippen molar-refractivity contribution < 1.29 is 14.3 Å². The lowest BCUT2D eigenvalue weighted by Gasteiger charge is -2.20. The predicted molar refractivity (Wildman–Crippen MR) is 126 cm³/mol. The molecule has 0 spiro atoms. The predicted octanol–water partition coefficient (Wildman–Crippen LogP) is 3.19. The van der Waals surface area contributed by atoms with E-state index < -0.39 is 11.8 Å². The second-order valence-corrected chi connectivity index (χ2v) is 9.31. The highest BCUT2D eigenvalue weighted by molar-refractivity contribution is 8.00. The number of carbonyl (C=O) groups excluding carboxylic acids is 2. The molecule has 3 aromatic rings. The van der Waals surface area contributed by atoms with Crippen LogP contribution in [0.15, 0.2) is 50.9 Å². The van der Waals surface area contributed by atoms with E-state index in [0.717, 1.165) is 9.46 Å². The summed E-state index contributed by atoms with van der Waals surface area (Å²) in [5, 5.41) is 3.64. The Hall–Kier alpha value is -3.24. The number of cyclic esters (lactones) is 1. The van der Waals surface area contributed by atoms with Crippen LogP contribution in [0.4, 0.5) is 16.2 Å². The molecule has 1 atom stereocenters. The van der Waals surface area contributed by atoms with Gasteiger partial charge >= 0.3 is 11.8 Å². The maximum absolute atomic E-state index is 12.7. The third kappa shape index (κ3) is 4.23. The molecule has 0 aliphatic carbocycles. The van der Waals surface area contributed by atoms with Gasteiger partial charge in [0, 0.05) is 22.2 Å². The number of anilines is 2. The fraction of sp³-hybridized carbons (Fsp3) is 0.273. The third-order valence-corrected chi connectivity index (χ3v) is 6.94. The number of nitrogens with one attached hydrogen (secondary N) is 2. The van der Waals surface area contributed by atoms with Gasteiger partial charge in [-0.05, 0) is 49.2 Å². The average Bonchev–Trinajstić information content (AvgIpc) is 3.15. The van der Waals surface area contributed by atoms with Crippen molar-refractivity contribution in [3.8, 4) is 0 Å². The van der Waals surface area contributed by atoms with Crippen LogP contribution in [0.1, 0.15) is 12.8 Å². The van der Waals surface area contributed by atoms with Crippen LogP contribution in [0.5, 0.6) is 0 Å². The zero-order valence-electron chi connectivity index (χ0n) is 17.3. The first kappa shape index (κ1) is 21.6. The lowest BCUT2D eigenvalue weighted by molar-refractivity contribution is -0.113. The van der Waals surface area contributed by atoms with E-state index in [0.29, 0.717) is 52.4 Å². The van der Waals surface area contributed by atoms with E-state index in [1.165, 1.54) is 16.7 Å². The molecule has 33 heavy (non-hydrogen) atoms. The van der Waals surface area contributed by atoms with Crippen LogP contribution < -0.4 is 21.5 Å². The number of carbonyl (C=O) groups is 2. The summed E-state index contributed by atoms with van der Waals surface area (Å²) >= 11 is 7.39. The van der Waals surface area contributed by atoms with Gasteiger partial charge in [-0.25, -0.2) is 9.59 Å². The lowest BCUT2D eigenvalue weighted by Crippen LogP contribution is -2.35. The number of halogens is 1. The second-order valence-electron chi connectivity index (χ2n) is 7.85. The van der Waals surface area contributed by atoms with E-state index in [1.54, 1.807) is 24.3 Å². The summed E-state index contributed by atoms with van der Waals surface area (Å²) in [6, 6.07) is 10.2. The van der Waals surface area contributed by atoms with E-state index in [4.69, 9.17) is 16.3 Å². The molecule has 0 unspecified atom stereocenters. The van der Waals surface area contributed by atoms with Crippen LogP contribution >= 0.6 is 23.4 Å². The average molecular weight is 487 g/mol. The third-order valence-electron chi connectivity index (χ3n) is 5.63. The highest BCUT2D eigenvalue weighted by Crippen LogP contribution is 2.35. The fourth-order valence-corrected chi connectivity index (χ4v) is 4.99. The van der Waals surface area contributed by atoms with Crippen LogP contribution in [0, 0.1) is 0 Å². The van der Waals surface area contributed by atoms with E-state index in [-0.39, 0.29) is 24.1 Å². The molecule has 2 aromatic carbocycles. The van der Waals surface area contributed by atoms with Gasteiger partial charge in [0.1, 0.15) is 6.10 Å². The summed E-state index contributed by atoms with van der Waals surface area (Å²) in [5.74, 6) is 0.297. The first-order valence-electron chi connectivity index (χ1n) is 10.4. The molecular formula is C22H19ClN4O5S. The maximum atomic E-state index is 12.7. The number of amides is 2. The van der Waals surface area contributed by atoms with Gasteiger partial charge in [-0.1, -0.05) is 11.6 Å². The zero-order chi connectivity index (χ0) is 23.1. The van der Waals surface area contributed by atoms with Crippen molar-refractivity contribution in [1.29, 1.82) is 0 Å². The van der Waals surface area contributed by atoms with Crippen molar-refractivity contribution in [3.63, 3.8) is 0 Å². The highest BCUT2D eigenvalue weighted by atomic mass is 35.5. The molecule has 5 rings (SSSR count). The number of ether oxygens (including phenoxy) is 1. The summed E-state index contributed by atoms with van der Waals surface area (Å²) < 4.78 is 6.63. The minimum Gasteiger partial charge on any atom is -0.444 e. The number of thioether (sulfide) groups is 1. The summed E-state index contributed by atoms with van der Waals surface area (Å²) in [6.45, 7) is 0.545. The maximum Gasteiger partial charge on any atom is 0.414 e. The van der Waals surface area contributed by atoms with Crippen LogP contribution in [0.25, 0.3) is 10.9 Å². The fourth-order valence-electron chi connectivity index (χ4n) is 4.03. The number of hydrogen-bond acceptors (Lipinski definition) is 6. The van der Waals surface area contributed by atoms with Gasteiger partial charge in [0.2, 0.25) is 5.91 Å². The molecule has 9 nitrogen and oxygen atoms in total. The van der Waals surface area contributed by atoms with Gasteiger partial charge in [0.05, 0.1) is 28.9 Å². The molecule has 2 amide bonds. The smallest absolute Gasteiger partial charge is 0.414 e. The quantitative estimate of drug-likeness (QED) is 0.572. The van der Waals surface area contributed by atoms with Gasteiger partial charge in [-0.3, -0.25) is 19.1 Å². The number of fused-ring (bicyclic) bond motifs is 2. The molecule has 3 heterocycles. The molecule has 2 N–H and O–H groups in total. The summed E-state index contributed by atoms with van der Waals surface area (Å²) in [5.41, 5.74) is 0.832. The standard InChI is InChI=1S/C22H19ClN4O5S/c23-12-3-5-15-16(8-12)25-21(30)26(20(15)29)7-1-2-14-10-27(22(31)32-14)13-4-6-18-17(9-13)24-19(28)11-33-18/h3-6,8-9,14H,1-2,7,10-11H2,(H,24,28)(H,25,30)/t14-/m1/s1. The van der Waals surface area contributed by atoms with Gasteiger partial charge in [0.25, 0.3) is 5.56 Å².